The Morgan fingerprint density at radius 1 is 1.57 bits per heavy atom. The summed E-state index contributed by atoms with van der Waals surface area (Å²) in [6, 6.07) is -0.115. The molecule has 1 aliphatic rings. The zero-order chi connectivity index (χ0) is 10.6. The summed E-state index contributed by atoms with van der Waals surface area (Å²) in [6.07, 6.45) is 0.960. The van der Waals surface area contributed by atoms with Gasteiger partial charge in [-0.15, -0.1) is 0 Å². The van der Waals surface area contributed by atoms with E-state index in [9.17, 15) is 4.79 Å². The van der Waals surface area contributed by atoms with E-state index in [1.165, 1.54) is 0 Å². The lowest BCUT2D eigenvalue weighted by molar-refractivity contribution is -0.153. The number of carbonyl (C=O) groups excluding carboxylic acids is 1. The van der Waals surface area contributed by atoms with Crippen molar-refractivity contribution in [3.63, 3.8) is 0 Å². The van der Waals surface area contributed by atoms with Crippen molar-refractivity contribution in [3.05, 3.63) is 0 Å². The molecule has 0 amide bonds. The van der Waals surface area contributed by atoms with Crippen LogP contribution in [0, 0.1) is 5.92 Å². The van der Waals surface area contributed by atoms with Crippen molar-refractivity contribution in [1.82, 2.24) is 10.2 Å². The molecule has 4 nitrogen and oxygen atoms in total. The van der Waals surface area contributed by atoms with Crippen LogP contribution < -0.4 is 5.32 Å². The van der Waals surface area contributed by atoms with Gasteiger partial charge in [0.15, 0.2) is 0 Å². The lowest BCUT2D eigenvalue weighted by atomic mass is 9.94. The summed E-state index contributed by atoms with van der Waals surface area (Å²) in [5.41, 5.74) is 0. The van der Waals surface area contributed by atoms with Crippen LogP contribution in [0.5, 0.6) is 0 Å². The third kappa shape index (κ3) is 2.96. The van der Waals surface area contributed by atoms with E-state index in [2.05, 4.69) is 10.2 Å². The van der Waals surface area contributed by atoms with Crippen molar-refractivity contribution in [1.29, 1.82) is 0 Å². The van der Waals surface area contributed by atoms with Gasteiger partial charge in [-0.1, -0.05) is 6.92 Å². The molecule has 0 radical (unpaired) electrons. The lowest BCUT2D eigenvalue weighted by Gasteiger charge is -2.32. The Bertz CT molecular complexity index is 195. The van der Waals surface area contributed by atoms with Crippen molar-refractivity contribution >= 4 is 5.97 Å². The van der Waals surface area contributed by atoms with Gasteiger partial charge in [0.1, 0.15) is 6.04 Å². The van der Waals surface area contributed by atoms with E-state index in [0.29, 0.717) is 12.5 Å². The van der Waals surface area contributed by atoms with Gasteiger partial charge in [0.25, 0.3) is 0 Å². The van der Waals surface area contributed by atoms with Crippen molar-refractivity contribution < 1.29 is 9.53 Å². The number of ether oxygens (including phenoxy) is 1. The Kier molecular flexibility index (Phi) is 4.35. The van der Waals surface area contributed by atoms with Gasteiger partial charge in [-0.2, -0.15) is 0 Å². The fourth-order valence-electron chi connectivity index (χ4n) is 1.90. The molecule has 82 valence electrons. The Labute approximate surface area is 85.6 Å². The molecule has 1 heterocycles. The normalized spacial score (nSPS) is 27.9. The Morgan fingerprint density at radius 3 is 2.86 bits per heavy atom. The Morgan fingerprint density at radius 2 is 2.29 bits per heavy atom. The van der Waals surface area contributed by atoms with Gasteiger partial charge in [-0.3, -0.25) is 4.79 Å². The fourth-order valence-corrected chi connectivity index (χ4v) is 1.90. The number of cyclic esters (lactones) is 1. The van der Waals surface area contributed by atoms with Crippen LogP contribution in [-0.2, 0) is 9.53 Å². The molecule has 0 saturated carbocycles. The molecule has 4 heteroatoms. The van der Waals surface area contributed by atoms with Gasteiger partial charge in [0.2, 0.25) is 0 Å². The highest BCUT2D eigenvalue weighted by Crippen LogP contribution is 2.17. The average Bonchev–Trinajstić information content (AvgIpc) is 2.10. The average molecular weight is 200 g/mol. The van der Waals surface area contributed by atoms with Crippen LogP contribution in [-0.4, -0.2) is 50.7 Å². The quantitative estimate of drug-likeness (QED) is 0.653. The Hall–Kier alpha value is -0.610. The number of carbonyl (C=O) groups is 1. The summed E-state index contributed by atoms with van der Waals surface area (Å²) in [6.45, 7) is 4.32. The van der Waals surface area contributed by atoms with E-state index >= 15 is 0 Å². The zero-order valence-electron chi connectivity index (χ0n) is 9.25. The summed E-state index contributed by atoms with van der Waals surface area (Å²) in [7, 11) is 4.06. The second-order valence-electron chi connectivity index (χ2n) is 4.01. The number of hydrogen-bond acceptors (Lipinski definition) is 4. The molecular formula is C10H20N2O2. The second kappa shape index (κ2) is 5.32. The first-order valence-corrected chi connectivity index (χ1v) is 5.20. The molecule has 1 aliphatic heterocycles. The minimum atomic E-state index is -0.115. The first-order valence-electron chi connectivity index (χ1n) is 5.20. The van der Waals surface area contributed by atoms with Gasteiger partial charge >= 0.3 is 5.97 Å². The molecule has 0 spiro atoms. The topological polar surface area (TPSA) is 41.6 Å². The molecule has 1 rings (SSSR count). The molecule has 1 fully saturated rings. The zero-order valence-corrected chi connectivity index (χ0v) is 9.25. The SMILES string of the molecule is CCNC1C(=O)OCCC1CN(C)C. The molecule has 14 heavy (non-hydrogen) atoms. The third-order valence-corrected chi connectivity index (χ3v) is 2.48. The summed E-state index contributed by atoms with van der Waals surface area (Å²) >= 11 is 0. The van der Waals surface area contributed by atoms with E-state index < -0.39 is 0 Å². The third-order valence-electron chi connectivity index (χ3n) is 2.48. The van der Waals surface area contributed by atoms with Crippen LogP contribution in [0.1, 0.15) is 13.3 Å². The predicted molar refractivity (Wildman–Crippen MR) is 55.1 cm³/mol. The summed E-state index contributed by atoms with van der Waals surface area (Å²) < 4.78 is 5.03. The molecule has 0 aliphatic carbocycles. The largest absolute Gasteiger partial charge is 0.465 e. The van der Waals surface area contributed by atoms with E-state index in [0.717, 1.165) is 19.5 Å². The predicted octanol–water partition coefficient (Wildman–Crippen LogP) is 0.0892. The molecule has 0 aromatic carbocycles. The van der Waals surface area contributed by atoms with Crippen LogP contribution >= 0.6 is 0 Å². The molecule has 0 aromatic heterocycles. The standard InChI is InChI=1S/C10H20N2O2/c1-4-11-9-8(7-12(2)3)5-6-14-10(9)13/h8-9,11H,4-7H2,1-3H3. The lowest BCUT2D eigenvalue weighted by Crippen LogP contribution is -2.50. The number of nitrogens with one attached hydrogen (secondary N) is 1. The summed E-state index contributed by atoms with van der Waals surface area (Å²) in [5.74, 6) is 0.288. The van der Waals surface area contributed by atoms with Crippen LogP contribution in [0.3, 0.4) is 0 Å². The fraction of sp³-hybridized carbons (Fsp3) is 0.900. The molecular weight excluding hydrogens is 180 g/mol. The van der Waals surface area contributed by atoms with Gasteiger partial charge in [0.05, 0.1) is 6.61 Å². The van der Waals surface area contributed by atoms with Crippen molar-refractivity contribution in [3.8, 4) is 0 Å². The number of hydrogen-bond donors (Lipinski definition) is 1. The summed E-state index contributed by atoms with van der Waals surface area (Å²) in [4.78, 5) is 13.6. The minimum absolute atomic E-state index is 0.0926. The van der Waals surface area contributed by atoms with Crippen molar-refractivity contribution in [2.45, 2.75) is 19.4 Å². The maximum absolute atomic E-state index is 11.5. The number of nitrogens with zero attached hydrogens (tertiary/aromatic N) is 1. The van der Waals surface area contributed by atoms with Gasteiger partial charge in [-0.25, -0.2) is 0 Å². The number of rotatable bonds is 4. The molecule has 2 atom stereocenters. The molecule has 1 N–H and O–H groups in total. The second-order valence-corrected chi connectivity index (χ2v) is 4.01. The maximum atomic E-state index is 11.5. The summed E-state index contributed by atoms with van der Waals surface area (Å²) in [5, 5.41) is 3.19. The molecule has 0 aromatic rings. The van der Waals surface area contributed by atoms with Crippen LogP contribution in [0.25, 0.3) is 0 Å². The van der Waals surface area contributed by atoms with E-state index in [1.54, 1.807) is 0 Å². The first-order chi connectivity index (χ1) is 6.65. The van der Waals surface area contributed by atoms with Crippen LogP contribution in [0.4, 0.5) is 0 Å². The highest BCUT2D eigenvalue weighted by atomic mass is 16.5. The van der Waals surface area contributed by atoms with Gasteiger partial charge in [0, 0.05) is 12.5 Å². The molecule has 1 saturated heterocycles. The van der Waals surface area contributed by atoms with Crippen LogP contribution in [0.2, 0.25) is 0 Å². The monoisotopic (exact) mass is 200 g/mol. The first kappa shape index (κ1) is 11.5. The smallest absolute Gasteiger partial charge is 0.323 e. The highest BCUT2D eigenvalue weighted by Gasteiger charge is 2.32. The van der Waals surface area contributed by atoms with E-state index in [4.69, 9.17) is 4.74 Å². The van der Waals surface area contributed by atoms with E-state index in [-0.39, 0.29) is 12.0 Å². The van der Waals surface area contributed by atoms with Gasteiger partial charge in [-0.05, 0) is 27.1 Å². The number of esters is 1. The van der Waals surface area contributed by atoms with Gasteiger partial charge < -0.3 is 15.0 Å². The minimum Gasteiger partial charge on any atom is -0.465 e. The van der Waals surface area contributed by atoms with E-state index in [1.807, 2.05) is 21.0 Å². The van der Waals surface area contributed by atoms with Crippen molar-refractivity contribution in [2.24, 2.45) is 5.92 Å². The highest BCUT2D eigenvalue weighted by molar-refractivity contribution is 5.76. The number of likely N-dealkylation sites (N-methyl/N-ethyl adjacent to an activating group) is 1. The maximum Gasteiger partial charge on any atom is 0.323 e. The Balaban J connectivity index is 2.55. The molecule has 2 unspecified atom stereocenters. The van der Waals surface area contributed by atoms with Crippen molar-refractivity contribution in [2.75, 3.05) is 33.8 Å². The van der Waals surface area contributed by atoms with Crippen LogP contribution in [0.15, 0.2) is 0 Å². The molecule has 0 bridgehead atoms.